The molecule has 0 amide bonds. The Kier molecular flexibility index (Phi) is 5.17. The van der Waals surface area contributed by atoms with Crippen LogP contribution in [0.15, 0.2) is 47.4 Å². The second-order valence-electron chi connectivity index (χ2n) is 4.38. The van der Waals surface area contributed by atoms with E-state index >= 15 is 0 Å². The average Bonchev–Trinajstić information content (AvgIpc) is 2.41. The van der Waals surface area contributed by atoms with Gasteiger partial charge in [0.2, 0.25) is 0 Å². The molecule has 0 aromatic heterocycles. The summed E-state index contributed by atoms with van der Waals surface area (Å²) in [6.45, 7) is 0.473. The highest BCUT2D eigenvalue weighted by atomic mass is 127. The van der Waals surface area contributed by atoms with Crippen molar-refractivity contribution in [1.82, 2.24) is 5.32 Å². The zero-order valence-electron chi connectivity index (χ0n) is 11.2. The first-order chi connectivity index (χ1) is 9.94. The van der Waals surface area contributed by atoms with Gasteiger partial charge in [0.25, 0.3) is 10.0 Å². The Bertz CT molecular complexity index is 750. The van der Waals surface area contributed by atoms with E-state index in [2.05, 4.69) is 10.0 Å². The molecule has 0 atom stereocenters. The normalized spacial score (nSPS) is 11.4. The van der Waals surface area contributed by atoms with Crippen LogP contribution in [-0.2, 0) is 16.6 Å². The number of nitrogens with one attached hydrogen (secondary N) is 2. The molecule has 0 spiro atoms. The fraction of sp³-hybridized carbons (Fsp3) is 0.143. The van der Waals surface area contributed by atoms with Gasteiger partial charge in [0.1, 0.15) is 10.7 Å². The summed E-state index contributed by atoms with van der Waals surface area (Å²) in [5.41, 5.74) is 1.11. The van der Waals surface area contributed by atoms with E-state index < -0.39 is 15.8 Å². The highest BCUT2D eigenvalue weighted by Gasteiger charge is 2.20. The van der Waals surface area contributed by atoms with Crippen molar-refractivity contribution in [3.05, 3.63) is 57.4 Å². The lowest BCUT2D eigenvalue weighted by atomic mass is 10.2. The predicted molar refractivity (Wildman–Crippen MR) is 89.1 cm³/mol. The van der Waals surface area contributed by atoms with E-state index in [1.54, 1.807) is 37.4 Å². The van der Waals surface area contributed by atoms with Gasteiger partial charge in [-0.3, -0.25) is 4.72 Å². The van der Waals surface area contributed by atoms with E-state index in [1.807, 2.05) is 22.6 Å². The molecule has 0 saturated heterocycles. The number of benzene rings is 2. The van der Waals surface area contributed by atoms with E-state index in [0.717, 1.165) is 3.57 Å². The van der Waals surface area contributed by atoms with E-state index in [-0.39, 0.29) is 4.90 Å². The van der Waals surface area contributed by atoms with Gasteiger partial charge in [0.05, 0.1) is 5.69 Å². The standard InChI is InChI=1S/C14H14FIN2O2S/c1-17-9-10-6-7-14(11(15)8-10)21(19,20)18-13-5-3-2-4-12(13)16/h2-8,17-18H,9H2,1H3. The molecule has 2 aromatic carbocycles. The molecule has 2 rings (SSSR count). The van der Waals surface area contributed by atoms with Gasteiger partial charge in [-0.25, -0.2) is 12.8 Å². The molecule has 0 bridgehead atoms. The van der Waals surface area contributed by atoms with Crippen molar-refractivity contribution >= 4 is 38.3 Å². The van der Waals surface area contributed by atoms with Gasteiger partial charge < -0.3 is 5.32 Å². The molecule has 0 unspecified atom stereocenters. The molecule has 0 fully saturated rings. The average molecular weight is 420 g/mol. The molecular weight excluding hydrogens is 406 g/mol. The number of para-hydroxylation sites is 1. The Labute approximate surface area is 137 Å². The Balaban J connectivity index is 2.34. The third kappa shape index (κ3) is 3.92. The fourth-order valence-corrected chi connectivity index (χ4v) is 3.67. The summed E-state index contributed by atoms with van der Waals surface area (Å²) < 4.78 is 41.7. The molecule has 0 radical (unpaired) electrons. The van der Waals surface area contributed by atoms with Crippen molar-refractivity contribution in [2.45, 2.75) is 11.4 Å². The molecule has 0 aliphatic carbocycles. The monoisotopic (exact) mass is 420 g/mol. The van der Waals surface area contributed by atoms with Crippen molar-refractivity contribution < 1.29 is 12.8 Å². The van der Waals surface area contributed by atoms with Crippen LogP contribution in [-0.4, -0.2) is 15.5 Å². The lowest BCUT2D eigenvalue weighted by Gasteiger charge is -2.11. The van der Waals surface area contributed by atoms with Crippen molar-refractivity contribution in [3.8, 4) is 0 Å². The molecule has 21 heavy (non-hydrogen) atoms. The van der Waals surface area contributed by atoms with E-state index in [1.165, 1.54) is 12.1 Å². The minimum Gasteiger partial charge on any atom is -0.316 e. The summed E-state index contributed by atoms with van der Waals surface area (Å²) in [7, 11) is -2.21. The van der Waals surface area contributed by atoms with Crippen LogP contribution >= 0.6 is 22.6 Å². The van der Waals surface area contributed by atoms with Crippen LogP contribution in [0.1, 0.15) is 5.56 Å². The molecule has 4 nitrogen and oxygen atoms in total. The largest absolute Gasteiger partial charge is 0.316 e. The molecule has 0 saturated carbocycles. The molecule has 7 heteroatoms. The molecule has 2 aromatic rings. The van der Waals surface area contributed by atoms with Gasteiger partial charge in [-0.1, -0.05) is 18.2 Å². The first-order valence-corrected chi connectivity index (χ1v) is 8.70. The Morgan fingerprint density at radius 2 is 1.90 bits per heavy atom. The number of sulfonamides is 1. The topological polar surface area (TPSA) is 58.2 Å². The first kappa shape index (κ1) is 16.2. The first-order valence-electron chi connectivity index (χ1n) is 6.14. The van der Waals surface area contributed by atoms with Gasteiger partial charge in [-0.05, 0) is 59.5 Å². The maximum atomic E-state index is 14.0. The fourth-order valence-electron chi connectivity index (χ4n) is 1.82. The Morgan fingerprint density at radius 1 is 1.19 bits per heavy atom. The highest BCUT2D eigenvalue weighted by molar-refractivity contribution is 14.1. The summed E-state index contributed by atoms with van der Waals surface area (Å²) >= 11 is 2.02. The van der Waals surface area contributed by atoms with Gasteiger partial charge >= 0.3 is 0 Å². The smallest absolute Gasteiger partial charge is 0.264 e. The minimum absolute atomic E-state index is 0.359. The lowest BCUT2D eigenvalue weighted by Crippen LogP contribution is -2.16. The van der Waals surface area contributed by atoms with Gasteiger partial charge in [0, 0.05) is 10.1 Å². The molecule has 112 valence electrons. The van der Waals surface area contributed by atoms with Gasteiger partial charge in [-0.2, -0.15) is 0 Å². The molecule has 0 heterocycles. The quantitative estimate of drug-likeness (QED) is 0.732. The van der Waals surface area contributed by atoms with Crippen LogP contribution < -0.4 is 10.0 Å². The van der Waals surface area contributed by atoms with E-state index in [0.29, 0.717) is 17.8 Å². The van der Waals surface area contributed by atoms with Gasteiger partial charge in [0.15, 0.2) is 0 Å². The molecule has 0 aliphatic rings. The van der Waals surface area contributed by atoms with Crippen molar-refractivity contribution in [3.63, 3.8) is 0 Å². The molecule has 2 N–H and O–H groups in total. The van der Waals surface area contributed by atoms with E-state index in [4.69, 9.17) is 0 Å². The summed E-state index contributed by atoms with van der Waals surface area (Å²) in [6.07, 6.45) is 0. The second kappa shape index (κ2) is 6.71. The Hall–Kier alpha value is -1.19. The van der Waals surface area contributed by atoms with Crippen LogP contribution in [0, 0.1) is 9.39 Å². The van der Waals surface area contributed by atoms with E-state index in [9.17, 15) is 12.8 Å². The Morgan fingerprint density at radius 3 is 2.52 bits per heavy atom. The van der Waals surface area contributed by atoms with Crippen LogP contribution in [0.4, 0.5) is 10.1 Å². The van der Waals surface area contributed by atoms with Crippen LogP contribution in [0.5, 0.6) is 0 Å². The third-order valence-electron chi connectivity index (χ3n) is 2.78. The summed E-state index contributed by atoms with van der Waals surface area (Å²) in [4.78, 5) is -0.359. The predicted octanol–water partition coefficient (Wildman–Crippen LogP) is 2.95. The zero-order valence-corrected chi connectivity index (χ0v) is 14.2. The number of halogens is 2. The summed E-state index contributed by atoms with van der Waals surface area (Å²) in [6, 6.07) is 11.0. The number of rotatable bonds is 5. The van der Waals surface area contributed by atoms with Crippen LogP contribution in [0.2, 0.25) is 0 Å². The SMILES string of the molecule is CNCc1ccc(S(=O)(=O)Nc2ccccc2I)c(F)c1. The van der Waals surface area contributed by atoms with Crippen molar-refractivity contribution in [2.75, 3.05) is 11.8 Å². The lowest BCUT2D eigenvalue weighted by molar-refractivity contribution is 0.568. The van der Waals surface area contributed by atoms with Crippen molar-refractivity contribution in [2.24, 2.45) is 0 Å². The maximum Gasteiger partial charge on any atom is 0.264 e. The van der Waals surface area contributed by atoms with Gasteiger partial charge in [-0.15, -0.1) is 0 Å². The number of hydrogen-bond acceptors (Lipinski definition) is 3. The summed E-state index contributed by atoms with van der Waals surface area (Å²) in [5, 5.41) is 2.88. The van der Waals surface area contributed by atoms with Crippen LogP contribution in [0.25, 0.3) is 0 Å². The third-order valence-corrected chi connectivity index (χ3v) is 5.12. The number of hydrogen-bond donors (Lipinski definition) is 2. The second-order valence-corrected chi connectivity index (χ2v) is 7.19. The van der Waals surface area contributed by atoms with Crippen molar-refractivity contribution in [1.29, 1.82) is 0 Å². The zero-order chi connectivity index (χ0) is 15.5. The molecular formula is C14H14FIN2O2S. The summed E-state index contributed by atoms with van der Waals surface area (Å²) in [5.74, 6) is -0.763. The van der Waals surface area contributed by atoms with Crippen LogP contribution in [0.3, 0.4) is 0 Å². The maximum absolute atomic E-state index is 14.0. The molecule has 0 aliphatic heterocycles. The minimum atomic E-state index is -3.95. The number of anilines is 1. The highest BCUT2D eigenvalue weighted by Crippen LogP contribution is 2.23.